The molecule has 1 fully saturated rings. The Balaban J connectivity index is 1.79. The molecule has 0 bridgehead atoms. The number of carboxylic acids is 1. The summed E-state index contributed by atoms with van der Waals surface area (Å²) >= 11 is 0. The quantitative estimate of drug-likeness (QED) is 0.741. The number of hydrogen-bond acceptors (Lipinski definition) is 5. The number of morpholine rings is 1. The van der Waals surface area contributed by atoms with Crippen molar-refractivity contribution in [1.82, 2.24) is 20.0 Å². The number of aliphatic carboxylic acids is 1. The van der Waals surface area contributed by atoms with Gasteiger partial charge in [0.25, 0.3) is 5.91 Å². The van der Waals surface area contributed by atoms with Crippen molar-refractivity contribution in [3.63, 3.8) is 0 Å². The first-order chi connectivity index (χ1) is 10.1. The van der Waals surface area contributed by atoms with E-state index in [0.29, 0.717) is 12.1 Å². The van der Waals surface area contributed by atoms with Gasteiger partial charge in [0, 0.05) is 32.4 Å². The highest BCUT2D eigenvalue weighted by Gasteiger charge is 2.17. The third kappa shape index (κ3) is 4.27. The molecule has 0 radical (unpaired) electrons. The number of rotatable bonds is 6. The number of aromatic nitrogens is 2. The van der Waals surface area contributed by atoms with Crippen molar-refractivity contribution in [3.05, 3.63) is 18.0 Å². The standard InChI is InChI=1S/C13H20N4O4/c1-10(13(19)20)17-9-11(8-15-17)12(18)14-2-3-16-4-6-21-7-5-16/h8-10H,2-7H2,1H3,(H,14,18)(H,19,20). The van der Waals surface area contributed by atoms with Gasteiger partial charge in [0.05, 0.1) is 25.0 Å². The Morgan fingerprint density at radius 1 is 1.48 bits per heavy atom. The van der Waals surface area contributed by atoms with Crippen LogP contribution in [0, 0.1) is 0 Å². The van der Waals surface area contributed by atoms with Crippen LogP contribution in [0.15, 0.2) is 12.4 Å². The van der Waals surface area contributed by atoms with E-state index in [4.69, 9.17) is 9.84 Å². The summed E-state index contributed by atoms with van der Waals surface area (Å²) in [4.78, 5) is 25.0. The molecule has 1 aromatic rings. The lowest BCUT2D eigenvalue weighted by atomic mass is 10.3. The van der Waals surface area contributed by atoms with Gasteiger partial charge in [-0.15, -0.1) is 0 Å². The van der Waals surface area contributed by atoms with Gasteiger partial charge < -0.3 is 15.2 Å². The van der Waals surface area contributed by atoms with Crippen LogP contribution in [-0.2, 0) is 9.53 Å². The summed E-state index contributed by atoms with van der Waals surface area (Å²) in [7, 11) is 0. The highest BCUT2D eigenvalue weighted by molar-refractivity contribution is 5.93. The molecule has 1 aliphatic heterocycles. The van der Waals surface area contributed by atoms with Gasteiger partial charge in [0.15, 0.2) is 0 Å². The molecule has 8 heteroatoms. The van der Waals surface area contributed by atoms with E-state index in [-0.39, 0.29) is 5.91 Å². The minimum atomic E-state index is -0.989. The molecule has 2 N–H and O–H groups in total. The lowest BCUT2D eigenvalue weighted by Crippen LogP contribution is -2.41. The fourth-order valence-electron chi connectivity index (χ4n) is 2.03. The van der Waals surface area contributed by atoms with Crippen LogP contribution < -0.4 is 5.32 Å². The Morgan fingerprint density at radius 2 is 2.19 bits per heavy atom. The Morgan fingerprint density at radius 3 is 2.86 bits per heavy atom. The van der Waals surface area contributed by atoms with E-state index in [0.717, 1.165) is 32.8 Å². The van der Waals surface area contributed by atoms with Gasteiger partial charge in [-0.1, -0.05) is 0 Å². The molecule has 1 unspecified atom stereocenters. The van der Waals surface area contributed by atoms with Crippen molar-refractivity contribution in [3.8, 4) is 0 Å². The predicted molar refractivity (Wildman–Crippen MR) is 74.2 cm³/mol. The number of carbonyl (C=O) groups is 2. The zero-order valence-electron chi connectivity index (χ0n) is 12.0. The molecule has 21 heavy (non-hydrogen) atoms. The molecule has 1 atom stereocenters. The Kier molecular flexibility index (Phi) is 5.29. The smallest absolute Gasteiger partial charge is 0.328 e. The van der Waals surface area contributed by atoms with Gasteiger partial charge in [0.2, 0.25) is 0 Å². The Labute approximate surface area is 122 Å². The monoisotopic (exact) mass is 296 g/mol. The number of carboxylic acid groups (broad SMARTS) is 1. The molecule has 1 aliphatic rings. The largest absolute Gasteiger partial charge is 0.480 e. The second kappa shape index (κ2) is 7.19. The fraction of sp³-hybridized carbons (Fsp3) is 0.615. The topological polar surface area (TPSA) is 96.7 Å². The zero-order valence-corrected chi connectivity index (χ0v) is 12.0. The Bertz CT molecular complexity index is 496. The van der Waals surface area contributed by atoms with Crippen LogP contribution in [0.5, 0.6) is 0 Å². The van der Waals surface area contributed by atoms with Crippen LogP contribution in [0.3, 0.4) is 0 Å². The van der Waals surface area contributed by atoms with Crippen LogP contribution in [0.2, 0.25) is 0 Å². The van der Waals surface area contributed by atoms with Gasteiger partial charge in [-0.2, -0.15) is 5.10 Å². The lowest BCUT2D eigenvalue weighted by Gasteiger charge is -2.26. The third-order valence-electron chi connectivity index (χ3n) is 3.44. The molecule has 2 rings (SSSR count). The lowest BCUT2D eigenvalue weighted by molar-refractivity contribution is -0.140. The number of ether oxygens (including phenoxy) is 1. The van der Waals surface area contributed by atoms with E-state index in [1.165, 1.54) is 24.0 Å². The second-order valence-electron chi connectivity index (χ2n) is 4.93. The van der Waals surface area contributed by atoms with E-state index >= 15 is 0 Å². The van der Waals surface area contributed by atoms with E-state index in [1.54, 1.807) is 0 Å². The molecule has 0 aromatic carbocycles. The molecular weight excluding hydrogens is 276 g/mol. The van der Waals surface area contributed by atoms with Crippen molar-refractivity contribution in [2.24, 2.45) is 0 Å². The van der Waals surface area contributed by atoms with Crippen LogP contribution in [0.1, 0.15) is 23.3 Å². The highest BCUT2D eigenvalue weighted by Crippen LogP contribution is 2.06. The summed E-state index contributed by atoms with van der Waals surface area (Å²) < 4.78 is 6.52. The van der Waals surface area contributed by atoms with E-state index in [9.17, 15) is 9.59 Å². The highest BCUT2D eigenvalue weighted by atomic mass is 16.5. The molecule has 0 aliphatic carbocycles. The van der Waals surface area contributed by atoms with Crippen molar-refractivity contribution in [1.29, 1.82) is 0 Å². The van der Waals surface area contributed by atoms with Gasteiger partial charge >= 0.3 is 5.97 Å². The minimum absolute atomic E-state index is 0.243. The van der Waals surface area contributed by atoms with Gasteiger partial charge in [0.1, 0.15) is 6.04 Å². The molecular formula is C13H20N4O4. The number of nitrogens with one attached hydrogen (secondary N) is 1. The molecule has 1 amide bonds. The number of amides is 1. The van der Waals surface area contributed by atoms with Crippen LogP contribution in [0.25, 0.3) is 0 Å². The Hall–Kier alpha value is -1.93. The molecule has 0 saturated carbocycles. The van der Waals surface area contributed by atoms with Crippen LogP contribution >= 0.6 is 0 Å². The second-order valence-corrected chi connectivity index (χ2v) is 4.93. The molecule has 8 nitrogen and oxygen atoms in total. The maximum atomic E-state index is 11.9. The normalized spacial score (nSPS) is 17.4. The first kappa shape index (κ1) is 15.5. The van der Waals surface area contributed by atoms with Crippen molar-refractivity contribution < 1.29 is 19.4 Å². The first-order valence-corrected chi connectivity index (χ1v) is 6.93. The zero-order chi connectivity index (χ0) is 15.2. The fourth-order valence-corrected chi connectivity index (χ4v) is 2.03. The van der Waals surface area contributed by atoms with E-state index in [1.807, 2.05) is 0 Å². The molecule has 116 valence electrons. The van der Waals surface area contributed by atoms with Crippen LogP contribution in [-0.4, -0.2) is 71.1 Å². The number of carbonyl (C=O) groups excluding carboxylic acids is 1. The summed E-state index contributed by atoms with van der Waals surface area (Å²) in [6.45, 7) is 6.04. The van der Waals surface area contributed by atoms with Gasteiger partial charge in [-0.25, -0.2) is 4.79 Å². The minimum Gasteiger partial charge on any atom is -0.480 e. The first-order valence-electron chi connectivity index (χ1n) is 6.93. The maximum Gasteiger partial charge on any atom is 0.328 e. The van der Waals surface area contributed by atoms with Crippen molar-refractivity contribution in [2.75, 3.05) is 39.4 Å². The SMILES string of the molecule is CC(C(=O)O)n1cc(C(=O)NCCN2CCOCC2)cn1. The third-order valence-corrected chi connectivity index (χ3v) is 3.44. The van der Waals surface area contributed by atoms with Crippen molar-refractivity contribution >= 4 is 11.9 Å². The summed E-state index contributed by atoms with van der Waals surface area (Å²) in [6.07, 6.45) is 2.83. The number of hydrogen-bond donors (Lipinski definition) is 2. The number of nitrogens with zero attached hydrogens (tertiary/aromatic N) is 3. The van der Waals surface area contributed by atoms with E-state index in [2.05, 4.69) is 15.3 Å². The summed E-state index contributed by atoms with van der Waals surface area (Å²) in [5.74, 6) is -1.23. The maximum absolute atomic E-state index is 11.9. The summed E-state index contributed by atoms with van der Waals surface area (Å²) in [5, 5.41) is 15.6. The van der Waals surface area contributed by atoms with E-state index < -0.39 is 12.0 Å². The average Bonchev–Trinajstić information content (AvgIpc) is 2.97. The molecule has 0 spiro atoms. The van der Waals surface area contributed by atoms with Gasteiger partial charge in [-0.3, -0.25) is 14.4 Å². The molecule has 1 saturated heterocycles. The predicted octanol–water partition coefficient (Wildman–Crippen LogP) is -0.409. The van der Waals surface area contributed by atoms with Crippen molar-refractivity contribution in [2.45, 2.75) is 13.0 Å². The van der Waals surface area contributed by atoms with Crippen LogP contribution in [0.4, 0.5) is 0 Å². The average molecular weight is 296 g/mol. The summed E-state index contributed by atoms with van der Waals surface area (Å²) in [5.41, 5.74) is 0.366. The molecule has 1 aromatic heterocycles. The summed E-state index contributed by atoms with van der Waals surface area (Å²) in [6, 6.07) is -0.792. The molecule has 2 heterocycles. The van der Waals surface area contributed by atoms with Gasteiger partial charge in [-0.05, 0) is 6.92 Å².